The van der Waals surface area contributed by atoms with Gasteiger partial charge >= 0.3 is 0 Å². The highest BCUT2D eigenvalue weighted by Crippen LogP contribution is 2.11. The highest BCUT2D eigenvalue weighted by atomic mass is 79.9. The molecule has 0 fully saturated rings. The van der Waals surface area contributed by atoms with Crippen LogP contribution in [0.2, 0.25) is 0 Å². The molecule has 0 aliphatic heterocycles. The monoisotopic (exact) mass is 360 g/mol. The van der Waals surface area contributed by atoms with Crippen molar-refractivity contribution in [3.05, 3.63) is 64.1 Å². The van der Waals surface area contributed by atoms with Gasteiger partial charge in [-0.3, -0.25) is 9.59 Å². The molecule has 0 saturated heterocycles. The van der Waals surface area contributed by atoms with Crippen LogP contribution in [0.3, 0.4) is 0 Å². The van der Waals surface area contributed by atoms with Crippen LogP contribution in [0.5, 0.6) is 0 Å². The van der Waals surface area contributed by atoms with E-state index in [-0.39, 0.29) is 18.4 Å². The lowest BCUT2D eigenvalue weighted by Gasteiger charge is -2.08. The van der Waals surface area contributed by atoms with Gasteiger partial charge in [-0.1, -0.05) is 35.0 Å². The summed E-state index contributed by atoms with van der Waals surface area (Å²) in [6.07, 6.45) is 0.907. The maximum absolute atomic E-state index is 11.9. The Bertz CT molecular complexity index is 669. The SMILES string of the molecule is CCc1cccc(NC(=O)CNC(=O)c2ccc(Br)cc2)c1. The van der Waals surface area contributed by atoms with E-state index in [9.17, 15) is 9.59 Å². The van der Waals surface area contributed by atoms with Gasteiger partial charge in [-0.25, -0.2) is 0 Å². The second-order valence-corrected chi connectivity index (χ2v) is 5.71. The number of hydrogen-bond acceptors (Lipinski definition) is 2. The number of hydrogen-bond donors (Lipinski definition) is 2. The summed E-state index contributed by atoms with van der Waals surface area (Å²) in [4.78, 5) is 23.8. The minimum absolute atomic E-state index is 0.0642. The van der Waals surface area contributed by atoms with E-state index in [1.807, 2.05) is 24.3 Å². The third-order valence-electron chi connectivity index (χ3n) is 3.13. The summed E-state index contributed by atoms with van der Waals surface area (Å²) in [5.74, 6) is -0.524. The molecule has 2 aromatic rings. The molecule has 0 atom stereocenters. The van der Waals surface area contributed by atoms with Crippen LogP contribution in [0.25, 0.3) is 0 Å². The Morgan fingerprint density at radius 1 is 1.09 bits per heavy atom. The largest absolute Gasteiger partial charge is 0.343 e. The topological polar surface area (TPSA) is 58.2 Å². The van der Waals surface area contributed by atoms with Crippen molar-refractivity contribution in [2.45, 2.75) is 13.3 Å². The molecule has 4 nitrogen and oxygen atoms in total. The van der Waals surface area contributed by atoms with Crippen molar-refractivity contribution in [1.29, 1.82) is 0 Å². The molecule has 0 unspecified atom stereocenters. The number of carbonyl (C=O) groups excluding carboxylic acids is 2. The molecule has 22 heavy (non-hydrogen) atoms. The van der Waals surface area contributed by atoms with E-state index in [1.165, 1.54) is 0 Å². The molecule has 5 heteroatoms. The van der Waals surface area contributed by atoms with Crippen molar-refractivity contribution < 1.29 is 9.59 Å². The molecule has 0 saturated carbocycles. The summed E-state index contributed by atoms with van der Waals surface area (Å²) >= 11 is 3.31. The molecule has 0 heterocycles. The third kappa shape index (κ3) is 4.70. The average molecular weight is 361 g/mol. The molecule has 0 radical (unpaired) electrons. The van der Waals surface area contributed by atoms with E-state index < -0.39 is 0 Å². The van der Waals surface area contributed by atoms with Gasteiger partial charge in [0.2, 0.25) is 5.91 Å². The Kier molecular flexibility index (Phi) is 5.72. The number of anilines is 1. The average Bonchev–Trinajstić information content (AvgIpc) is 2.53. The van der Waals surface area contributed by atoms with Crippen LogP contribution >= 0.6 is 15.9 Å². The second-order valence-electron chi connectivity index (χ2n) is 4.79. The second kappa shape index (κ2) is 7.75. The van der Waals surface area contributed by atoms with Crippen molar-refractivity contribution >= 4 is 33.4 Å². The Morgan fingerprint density at radius 3 is 2.50 bits per heavy atom. The van der Waals surface area contributed by atoms with Crippen LogP contribution in [-0.2, 0) is 11.2 Å². The molecule has 114 valence electrons. The molecule has 2 aromatic carbocycles. The fourth-order valence-corrected chi connectivity index (χ4v) is 2.20. The minimum Gasteiger partial charge on any atom is -0.343 e. The lowest BCUT2D eigenvalue weighted by atomic mass is 10.1. The third-order valence-corrected chi connectivity index (χ3v) is 3.66. The zero-order valence-corrected chi connectivity index (χ0v) is 13.8. The Balaban J connectivity index is 1.87. The van der Waals surface area contributed by atoms with Gasteiger partial charge in [-0.15, -0.1) is 0 Å². The summed E-state index contributed by atoms with van der Waals surface area (Å²) in [7, 11) is 0. The summed E-state index contributed by atoms with van der Waals surface area (Å²) in [5.41, 5.74) is 2.41. The highest BCUT2D eigenvalue weighted by Gasteiger charge is 2.08. The van der Waals surface area contributed by atoms with Crippen molar-refractivity contribution in [1.82, 2.24) is 5.32 Å². The number of rotatable bonds is 5. The van der Waals surface area contributed by atoms with Crippen LogP contribution in [0, 0.1) is 0 Å². The van der Waals surface area contributed by atoms with Crippen LogP contribution < -0.4 is 10.6 Å². The first-order chi connectivity index (χ1) is 10.6. The summed E-state index contributed by atoms with van der Waals surface area (Å²) in [5, 5.41) is 5.37. The van der Waals surface area contributed by atoms with Crippen LogP contribution in [0.1, 0.15) is 22.8 Å². The number of halogens is 1. The molecule has 0 aliphatic carbocycles. The molecule has 2 rings (SSSR count). The zero-order chi connectivity index (χ0) is 15.9. The zero-order valence-electron chi connectivity index (χ0n) is 12.2. The lowest BCUT2D eigenvalue weighted by Crippen LogP contribution is -2.32. The van der Waals surface area contributed by atoms with Gasteiger partial charge in [-0.2, -0.15) is 0 Å². The molecule has 0 bridgehead atoms. The van der Waals surface area contributed by atoms with Gasteiger partial charge < -0.3 is 10.6 Å². The molecular formula is C17H17BrN2O2. The number of carbonyl (C=O) groups is 2. The van der Waals surface area contributed by atoms with Gasteiger partial charge in [0.15, 0.2) is 0 Å². The van der Waals surface area contributed by atoms with E-state index in [4.69, 9.17) is 0 Å². The lowest BCUT2D eigenvalue weighted by molar-refractivity contribution is -0.115. The van der Waals surface area contributed by atoms with Gasteiger partial charge in [0.05, 0.1) is 6.54 Å². The molecule has 2 amide bonds. The fraction of sp³-hybridized carbons (Fsp3) is 0.176. The number of nitrogens with one attached hydrogen (secondary N) is 2. The fourth-order valence-electron chi connectivity index (χ4n) is 1.94. The Hall–Kier alpha value is -2.14. The predicted molar refractivity (Wildman–Crippen MR) is 90.9 cm³/mol. The van der Waals surface area contributed by atoms with E-state index in [2.05, 4.69) is 33.5 Å². The van der Waals surface area contributed by atoms with E-state index in [0.717, 1.165) is 22.1 Å². The molecule has 0 aliphatic rings. The Labute approximate surface area is 138 Å². The maximum atomic E-state index is 11.9. The number of aryl methyl sites for hydroxylation is 1. The Morgan fingerprint density at radius 2 is 1.82 bits per heavy atom. The maximum Gasteiger partial charge on any atom is 0.251 e. The first kappa shape index (κ1) is 16.2. The molecule has 0 aromatic heterocycles. The predicted octanol–water partition coefficient (Wildman–Crippen LogP) is 3.38. The van der Waals surface area contributed by atoms with E-state index in [1.54, 1.807) is 24.3 Å². The van der Waals surface area contributed by atoms with Gasteiger partial charge in [0.25, 0.3) is 5.91 Å². The normalized spacial score (nSPS) is 10.1. The van der Waals surface area contributed by atoms with E-state index in [0.29, 0.717) is 5.56 Å². The minimum atomic E-state index is -0.273. The van der Waals surface area contributed by atoms with Crippen molar-refractivity contribution in [3.63, 3.8) is 0 Å². The van der Waals surface area contributed by atoms with Crippen LogP contribution in [-0.4, -0.2) is 18.4 Å². The first-order valence-corrected chi connectivity index (χ1v) is 7.80. The standard InChI is InChI=1S/C17H17BrN2O2/c1-2-12-4-3-5-15(10-12)20-16(21)11-19-17(22)13-6-8-14(18)9-7-13/h3-10H,2,11H2,1H3,(H,19,22)(H,20,21). The molecule has 2 N–H and O–H groups in total. The van der Waals surface area contributed by atoms with Gasteiger partial charge in [0.1, 0.15) is 0 Å². The number of benzene rings is 2. The molecular weight excluding hydrogens is 344 g/mol. The quantitative estimate of drug-likeness (QED) is 0.858. The summed E-state index contributed by atoms with van der Waals surface area (Å²) in [6.45, 7) is 1.99. The molecule has 0 spiro atoms. The van der Waals surface area contributed by atoms with Crippen molar-refractivity contribution in [2.75, 3.05) is 11.9 Å². The van der Waals surface area contributed by atoms with E-state index >= 15 is 0 Å². The smallest absolute Gasteiger partial charge is 0.251 e. The summed E-state index contributed by atoms with van der Waals surface area (Å²) < 4.78 is 0.901. The van der Waals surface area contributed by atoms with Crippen LogP contribution in [0.15, 0.2) is 53.0 Å². The first-order valence-electron chi connectivity index (χ1n) is 7.01. The van der Waals surface area contributed by atoms with Gasteiger partial charge in [-0.05, 0) is 48.4 Å². The summed E-state index contributed by atoms with van der Waals surface area (Å²) in [6, 6.07) is 14.6. The van der Waals surface area contributed by atoms with Crippen molar-refractivity contribution in [2.24, 2.45) is 0 Å². The van der Waals surface area contributed by atoms with Crippen molar-refractivity contribution in [3.8, 4) is 0 Å². The number of amides is 2. The highest BCUT2D eigenvalue weighted by molar-refractivity contribution is 9.10. The van der Waals surface area contributed by atoms with Crippen LogP contribution in [0.4, 0.5) is 5.69 Å². The van der Waals surface area contributed by atoms with Gasteiger partial charge in [0, 0.05) is 15.7 Å².